The Morgan fingerprint density at radius 2 is 2.22 bits per heavy atom. The van der Waals surface area contributed by atoms with Gasteiger partial charge in [-0.15, -0.1) is 10.2 Å². The molecule has 2 aromatic heterocycles. The number of nitrogens with zero attached hydrogens (tertiary/aromatic N) is 4. The Balaban J connectivity index is 1.42. The zero-order valence-corrected chi connectivity index (χ0v) is 12.6. The van der Waals surface area contributed by atoms with Crippen molar-refractivity contribution < 1.29 is 14.3 Å². The lowest BCUT2D eigenvalue weighted by molar-refractivity contribution is -0.117. The maximum absolute atomic E-state index is 12.1. The van der Waals surface area contributed by atoms with E-state index in [1.807, 2.05) is 16.8 Å². The van der Waals surface area contributed by atoms with Gasteiger partial charge in [-0.05, 0) is 28.8 Å². The molecule has 8 nitrogen and oxygen atoms in total. The minimum atomic E-state index is -0.252. The smallest absolute Gasteiger partial charge is 0.248 e. The van der Waals surface area contributed by atoms with E-state index in [0.29, 0.717) is 23.0 Å². The van der Waals surface area contributed by atoms with E-state index in [2.05, 4.69) is 20.7 Å². The summed E-state index contributed by atoms with van der Waals surface area (Å²) in [5.74, 6) is 1.53. The number of nitrogens with one attached hydrogen (secondary N) is 1. The average Bonchev–Trinajstić information content (AvgIpc) is 3.27. The van der Waals surface area contributed by atoms with Gasteiger partial charge >= 0.3 is 0 Å². The summed E-state index contributed by atoms with van der Waals surface area (Å²) in [5, 5.41) is 18.6. The molecule has 1 amide bonds. The molecular formula is C14H11N5O3S. The van der Waals surface area contributed by atoms with Gasteiger partial charge in [-0.2, -0.15) is 16.1 Å². The van der Waals surface area contributed by atoms with Gasteiger partial charge in [0, 0.05) is 22.7 Å². The molecule has 1 aromatic carbocycles. The van der Waals surface area contributed by atoms with Crippen LogP contribution in [0.5, 0.6) is 11.5 Å². The summed E-state index contributed by atoms with van der Waals surface area (Å²) in [6.07, 6.45) is 0. The first-order chi connectivity index (χ1) is 11.3. The Morgan fingerprint density at radius 1 is 1.30 bits per heavy atom. The molecule has 0 radical (unpaired) electrons. The number of benzene rings is 1. The van der Waals surface area contributed by atoms with Crippen LogP contribution in [0.2, 0.25) is 0 Å². The number of rotatable bonds is 4. The topological polar surface area (TPSA) is 91.2 Å². The molecule has 23 heavy (non-hydrogen) atoms. The summed E-state index contributed by atoms with van der Waals surface area (Å²) in [4.78, 5) is 13.3. The number of fused-ring (bicyclic) bond motifs is 1. The fraction of sp³-hybridized carbons (Fsp3) is 0.143. The fourth-order valence-corrected chi connectivity index (χ4v) is 2.76. The molecule has 0 spiro atoms. The van der Waals surface area contributed by atoms with E-state index in [0.717, 1.165) is 5.56 Å². The Kier molecular flexibility index (Phi) is 3.39. The molecule has 1 N–H and O–H groups in total. The molecule has 0 unspecified atom stereocenters. The molecule has 0 saturated carbocycles. The second kappa shape index (κ2) is 5.69. The molecule has 0 atom stereocenters. The Bertz CT molecular complexity index is 846. The van der Waals surface area contributed by atoms with Crippen molar-refractivity contribution >= 4 is 22.9 Å². The van der Waals surface area contributed by atoms with Gasteiger partial charge in [0.25, 0.3) is 0 Å². The van der Waals surface area contributed by atoms with Gasteiger partial charge in [-0.3, -0.25) is 4.79 Å². The van der Waals surface area contributed by atoms with Gasteiger partial charge in [0.15, 0.2) is 11.5 Å². The van der Waals surface area contributed by atoms with Crippen molar-refractivity contribution in [3.63, 3.8) is 0 Å². The van der Waals surface area contributed by atoms with E-state index in [1.165, 1.54) is 4.80 Å². The highest BCUT2D eigenvalue weighted by Crippen LogP contribution is 2.34. The highest BCUT2D eigenvalue weighted by atomic mass is 32.1. The minimum absolute atomic E-state index is 0.0222. The first-order valence-electron chi connectivity index (χ1n) is 6.78. The van der Waals surface area contributed by atoms with Crippen LogP contribution in [0.4, 0.5) is 5.69 Å². The number of aromatic nitrogens is 4. The molecule has 4 rings (SSSR count). The SMILES string of the molecule is O=C(Cn1nnc(-c2ccsc2)n1)Nc1ccc2c(c1)OCO2. The quantitative estimate of drug-likeness (QED) is 0.784. The molecule has 116 valence electrons. The third-order valence-corrected chi connectivity index (χ3v) is 3.86. The standard InChI is InChI=1S/C14H11N5O3S/c20-13(15-10-1-2-11-12(5-10)22-8-21-11)6-19-17-14(16-18-19)9-3-4-23-7-9/h1-5,7H,6,8H2,(H,15,20). The molecule has 0 aliphatic carbocycles. The number of ether oxygens (including phenoxy) is 2. The number of anilines is 1. The third-order valence-electron chi connectivity index (χ3n) is 3.17. The number of thiophene rings is 1. The van der Waals surface area contributed by atoms with Crippen LogP contribution in [0.15, 0.2) is 35.0 Å². The van der Waals surface area contributed by atoms with Crippen LogP contribution < -0.4 is 14.8 Å². The number of amides is 1. The van der Waals surface area contributed by atoms with Crippen molar-refractivity contribution in [2.45, 2.75) is 6.54 Å². The van der Waals surface area contributed by atoms with E-state index >= 15 is 0 Å². The highest BCUT2D eigenvalue weighted by molar-refractivity contribution is 7.08. The maximum atomic E-state index is 12.1. The molecule has 9 heteroatoms. The van der Waals surface area contributed by atoms with Crippen LogP contribution >= 0.6 is 11.3 Å². The van der Waals surface area contributed by atoms with Crippen LogP contribution in [0, 0.1) is 0 Å². The number of hydrogen-bond acceptors (Lipinski definition) is 7. The molecule has 3 heterocycles. The van der Waals surface area contributed by atoms with Crippen LogP contribution in [0.1, 0.15) is 0 Å². The van der Waals surface area contributed by atoms with E-state index < -0.39 is 0 Å². The van der Waals surface area contributed by atoms with Crippen molar-refractivity contribution in [3.8, 4) is 22.9 Å². The average molecular weight is 329 g/mol. The predicted octanol–water partition coefficient (Wildman–Crippen LogP) is 1.77. The van der Waals surface area contributed by atoms with Gasteiger partial charge in [-0.1, -0.05) is 0 Å². The summed E-state index contributed by atoms with van der Waals surface area (Å²) in [6, 6.07) is 7.11. The van der Waals surface area contributed by atoms with E-state index in [-0.39, 0.29) is 19.2 Å². The molecule has 0 fully saturated rings. The molecule has 3 aromatic rings. The van der Waals surface area contributed by atoms with Crippen molar-refractivity contribution in [2.75, 3.05) is 12.1 Å². The third kappa shape index (κ3) is 2.86. The van der Waals surface area contributed by atoms with Gasteiger partial charge in [0.2, 0.25) is 18.5 Å². The first-order valence-corrected chi connectivity index (χ1v) is 7.72. The summed E-state index contributed by atoms with van der Waals surface area (Å²) < 4.78 is 10.5. The Labute approximate surface area is 134 Å². The molecule has 1 aliphatic heterocycles. The van der Waals surface area contributed by atoms with Crippen molar-refractivity contribution in [3.05, 3.63) is 35.0 Å². The van der Waals surface area contributed by atoms with Crippen LogP contribution in [0.25, 0.3) is 11.4 Å². The molecule has 0 bridgehead atoms. The highest BCUT2D eigenvalue weighted by Gasteiger charge is 2.15. The summed E-state index contributed by atoms with van der Waals surface area (Å²) in [7, 11) is 0. The van der Waals surface area contributed by atoms with Gasteiger partial charge in [0.05, 0.1) is 0 Å². The van der Waals surface area contributed by atoms with Gasteiger partial charge < -0.3 is 14.8 Å². The first kappa shape index (κ1) is 13.7. The van der Waals surface area contributed by atoms with Crippen LogP contribution in [-0.4, -0.2) is 32.9 Å². The maximum Gasteiger partial charge on any atom is 0.248 e. The molecule has 0 saturated heterocycles. The zero-order chi connectivity index (χ0) is 15.6. The second-order valence-electron chi connectivity index (χ2n) is 4.77. The zero-order valence-electron chi connectivity index (χ0n) is 11.8. The van der Waals surface area contributed by atoms with Gasteiger partial charge in [-0.25, -0.2) is 0 Å². The number of carbonyl (C=O) groups is 1. The largest absolute Gasteiger partial charge is 0.454 e. The number of hydrogen-bond donors (Lipinski definition) is 1. The number of carbonyl (C=O) groups excluding carboxylic acids is 1. The lowest BCUT2D eigenvalue weighted by Gasteiger charge is -2.05. The normalized spacial score (nSPS) is 12.3. The lowest BCUT2D eigenvalue weighted by atomic mass is 10.3. The van der Waals surface area contributed by atoms with Crippen LogP contribution in [-0.2, 0) is 11.3 Å². The Hall–Kier alpha value is -2.94. The van der Waals surface area contributed by atoms with Crippen molar-refractivity contribution in [1.29, 1.82) is 0 Å². The molecular weight excluding hydrogens is 318 g/mol. The number of tetrazole rings is 1. The summed E-state index contributed by atoms with van der Waals surface area (Å²) in [5.41, 5.74) is 1.51. The van der Waals surface area contributed by atoms with Crippen molar-refractivity contribution in [2.24, 2.45) is 0 Å². The second-order valence-corrected chi connectivity index (χ2v) is 5.55. The predicted molar refractivity (Wildman–Crippen MR) is 82.3 cm³/mol. The molecule has 1 aliphatic rings. The van der Waals surface area contributed by atoms with Crippen LogP contribution in [0.3, 0.4) is 0 Å². The fourth-order valence-electron chi connectivity index (χ4n) is 2.12. The monoisotopic (exact) mass is 329 g/mol. The van der Waals surface area contributed by atoms with Crippen molar-refractivity contribution in [1.82, 2.24) is 20.2 Å². The van der Waals surface area contributed by atoms with E-state index in [4.69, 9.17) is 9.47 Å². The lowest BCUT2D eigenvalue weighted by Crippen LogP contribution is -2.20. The van der Waals surface area contributed by atoms with E-state index in [9.17, 15) is 4.79 Å². The van der Waals surface area contributed by atoms with Gasteiger partial charge in [0.1, 0.15) is 6.54 Å². The Morgan fingerprint density at radius 3 is 3.09 bits per heavy atom. The van der Waals surface area contributed by atoms with E-state index in [1.54, 1.807) is 29.5 Å². The summed E-state index contributed by atoms with van der Waals surface area (Å²) >= 11 is 1.55. The summed E-state index contributed by atoms with van der Waals surface area (Å²) in [6.45, 7) is 0.173. The minimum Gasteiger partial charge on any atom is -0.454 e.